The fourth-order valence-corrected chi connectivity index (χ4v) is 4.95. The molecule has 1 aliphatic rings. The third kappa shape index (κ3) is 5.08. The van der Waals surface area contributed by atoms with Crippen LogP contribution in [0.25, 0.3) is 11.6 Å². The van der Waals surface area contributed by atoms with Gasteiger partial charge in [0, 0.05) is 36.7 Å². The van der Waals surface area contributed by atoms with Crippen LogP contribution in [0.1, 0.15) is 39.4 Å². The maximum absolute atomic E-state index is 5.87. The van der Waals surface area contributed by atoms with E-state index in [-0.39, 0.29) is 0 Å². The van der Waals surface area contributed by atoms with Crippen molar-refractivity contribution in [1.82, 2.24) is 19.7 Å². The van der Waals surface area contributed by atoms with Gasteiger partial charge in [0.15, 0.2) is 5.76 Å². The summed E-state index contributed by atoms with van der Waals surface area (Å²) in [7, 11) is 2.19. The van der Waals surface area contributed by atoms with Crippen LogP contribution in [-0.2, 0) is 6.54 Å². The summed E-state index contributed by atoms with van der Waals surface area (Å²) in [5, 5.41) is 10.3. The summed E-state index contributed by atoms with van der Waals surface area (Å²) in [6.07, 6.45) is 2.45. The van der Waals surface area contributed by atoms with Crippen molar-refractivity contribution >= 4 is 17.7 Å². The lowest BCUT2D eigenvalue weighted by Crippen LogP contribution is -2.42. The molecule has 2 unspecified atom stereocenters. The minimum Gasteiger partial charge on any atom is -0.458 e. The molecule has 1 saturated heterocycles. The molecule has 0 bridgehead atoms. The van der Waals surface area contributed by atoms with Crippen LogP contribution < -0.4 is 4.90 Å². The van der Waals surface area contributed by atoms with Crippen LogP contribution in [0.5, 0.6) is 0 Å². The summed E-state index contributed by atoms with van der Waals surface area (Å²) < 4.78 is 8.11. The third-order valence-electron chi connectivity index (χ3n) is 4.99. The van der Waals surface area contributed by atoms with Crippen molar-refractivity contribution in [2.24, 2.45) is 0 Å². The molecule has 0 aromatic carbocycles. The Balaban J connectivity index is 1.85. The standard InChI is InChI=1S/C20H33N5OS/c1-6-7-10-23(5)11-12-25-19(18-9-8-15(2)26-18)21-22-20(25)24-13-16(3)27-17(4)14-24/h8-9,16-17H,6-7,10-14H2,1-5H3. The van der Waals surface area contributed by atoms with Gasteiger partial charge in [-0.15, -0.1) is 10.2 Å². The molecule has 1 fully saturated rings. The number of hydrogen-bond acceptors (Lipinski definition) is 6. The van der Waals surface area contributed by atoms with Crippen LogP contribution in [-0.4, -0.2) is 63.4 Å². The van der Waals surface area contributed by atoms with Crippen LogP contribution in [0, 0.1) is 6.92 Å². The first-order chi connectivity index (χ1) is 13.0. The van der Waals surface area contributed by atoms with Crippen molar-refractivity contribution in [3.63, 3.8) is 0 Å². The largest absolute Gasteiger partial charge is 0.458 e. The van der Waals surface area contributed by atoms with Gasteiger partial charge in [-0.3, -0.25) is 4.57 Å². The van der Waals surface area contributed by atoms with Crippen LogP contribution in [0.2, 0.25) is 0 Å². The average Bonchev–Trinajstić information content (AvgIpc) is 3.23. The van der Waals surface area contributed by atoms with Crippen molar-refractivity contribution in [2.45, 2.75) is 57.6 Å². The van der Waals surface area contributed by atoms with E-state index in [0.717, 1.165) is 56.0 Å². The van der Waals surface area contributed by atoms with Gasteiger partial charge in [0.2, 0.25) is 11.8 Å². The molecule has 2 aromatic rings. The topological polar surface area (TPSA) is 50.3 Å². The van der Waals surface area contributed by atoms with E-state index >= 15 is 0 Å². The predicted molar refractivity (Wildman–Crippen MR) is 114 cm³/mol. The van der Waals surface area contributed by atoms with Crippen molar-refractivity contribution in [1.29, 1.82) is 0 Å². The molecular weight excluding hydrogens is 358 g/mol. The lowest BCUT2D eigenvalue weighted by atomic mass is 10.3. The summed E-state index contributed by atoms with van der Waals surface area (Å²) in [4.78, 5) is 4.78. The third-order valence-corrected chi connectivity index (χ3v) is 6.22. The van der Waals surface area contributed by atoms with Crippen LogP contribution in [0.15, 0.2) is 16.5 Å². The second-order valence-electron chi connectivity index (χ2n) is 7.70. The number of thioether (sulfide) groups is 1. The van der Waals surface area contributed by atoms with Crippen LogP contribution in [0.3, 0.4) is 0 Å². The fraction of sp³-hybridized carbons (Fsp3) is 0.700. The molecule has 2 atom stereocenters. The summed E-state index contributed by atoms with van der Waals surface area (Å²) in [5.74, 6) is 3.51. The van der Waals surface area contributed by atoms with Gasteiger partial charge in [0.25, 0.3) is 0 Å². The maximum Gasteiger partial charge on any atom is 0.227 e. The molecule has 0 amide bonds. The number of aromatic nitrogens is 3. The van der Waals surface area contributed by atoms with Crippen molar-refractivity contribution in [3.8, 4) is 11.6 Å². The predicted octanol–water partition coefficient (Wildman–Crippen LogP) is 3.91. The van der Waals surface area contributed by atoms with Gasteiger partial charge < -0.3 is 14.2 Å². The lowest BCUT2D eigenvalue weighted by molar-refractivity contribution is 0.313. The Labute approximate surface area is 167 Å². The normalized spacial score (nSPS) is 20.6. The van der Waals surface area contributed by atoms with Crippen molar-refractivity contribution in [3.05, 3.63) is 17.9 Å². The Kier molecular flexibility index (Phi) is 6.87. The average molecular weight is 392 g/mol. The molecule has 2 aromatic heterocycles. The Bertz CT molecular complexity index is 718. The van der Waals surface area contributed by atoms with E-state index in [9.17, 15) is 0 Å². The number of unbranched alkanes of at least 4 members (excludes halogenated alkanes) is 1. The number of hydrogen-bond donors (Lipinski definition) is 0. The second-order valence-corrected chi connectivity index (χ2v) is 9.59. The quantitative estimate of drug-likeness (QED) is 0.680. The molecule has 150 valence electrons. The number of anilines is 1. The highest BCUT2D eigenvalue weighted by Gasteiger charge is 2.27. The first-order valence-corrected chi connectivity index (χ1v) is 11.0. The molecular formula is C20H33N5OS. The van der Waals surface area contributed by atoms with Gasteiger partial charge in [-0.05, 0) is 39.1 Å². The highest BCUT2D eigenvalue weighted by atomic mass is 32.2. The van der Waals surface area contributed by atoms with E-state index < -0.39 is 0 Å². The molecule has 0 aliphatic carbocycles. The maximum atomic E-state index is 5.87. The molecule has 3 rings (SSSR count). The van der Waals surface area contributed by atoms with Gasteiger partial charge in [0.1, 0.15) is 5.76 Å². The monoisotopic (exact) mass is 391 g/mol. The van der Waals surface area contributed by atoms with E-state index in [2.05, 4.69) is 64.1 Å². The molecule has 0 saturated carbocycles. The number of furan rings is 1. The smallest absolute Gasteiger partial charge is 0.227 e. The molecule has 1 aliphatic heterocycles. The minimum absolute atomic E-state index is 0.598. The second kappa shape index (κ2) is 9.15. The number of likely N-dealkylation sites (N-methyl/N-ethyl adjacent to an activating group) is 1. The highest BCUT2D eigenvalue weighted by molar-refractivity contribution is 8.00. The molecule has 0 spiro atoms. The van der Waals surface area contributed by atoms with Crippen LogP contribution in [0.4, 0.5) is 5.95 Å². The Morgan fingerprint density at radius 2 is 1.93 bits per heavy atom. The Morgan fingerprint density at radius 3 is 2.56 bits per heavy atom. The van der Waals surface area contributed by atoms with Gasteiger partial charge in [-0.1, -0.05) is 27.2 Å². The van der Waals surface area contributed by atoms with E-state index in [1.807, 2.05) is 19.1 Å². The van der Waals surface area contributed by atoms with E-state index in [4.69, 9.17) is 4.42 Å². The van der Waals surface area contributed by atoms with Gasteiger partial charge in [0.05, 0.1) is 0 Å². The Morgan fingerprint density at radius 1 is 1.19 bits per heavy atom. The molecule has 0 N–H and O–H groups in total. The summed E-state index contributed by atoms with van der Waals surface area (Å²) in [5.41, 5.74) is 0. The lowest BCUT2D eigenvalue weighted by Gasteiger charge is -2.35. The molecule has 3 heterocycles. The van der Waals surface area contributed by atoms with E-state index in [0.29, 0.717) is 10.5 Å². The van der Waals surface area contributed by atoms with Gasteiger partial charge in [-0.2, -0.15) is 11.8 Å². The highest BCUT2D eigenvalue weighted by Crippen LogP contribution is 2.30. The number of aryl methyl sites for hydroxylation is 1. The fourth-order valence-electron chi connectivity index (χ4n) is 3.62. The number of rotatable bonds is 8. The summed E-state index contributed by atoms with van der Waals surface area (Å²) in [6.45, 7) is 13.8. The molecule has 27 heavy (non-hydrogen) atoms. The minimum atomic E-state index is 0.598. The first-order valence-electron chi connectivity index (χ1n) is 10.1. The van der Waals surface area contributed by atoms with Crippen molar-refractivity contribution in [2.75, 3.05) is 38.1 Å². The van der Waals surface area contributed by atoms with E-state index in [1.165, 1.54) is 12.8 Å². The summed E-state index contributed by atoms with van der Waals surface area (Å²) >= 11 is 2.05. The SMILES string of the molecule is CCCCN(C)CCn1c(-c2ccc(C)o2)nnc1N1CC(C)SC(C)C1. The molecule has 0 radical (unpaired) electrons. The zero-order valence-corrected chi connectivity index (χ0v) is 18.1. The zero-order chi connectivity index (χ0) is 19.4. The van der Waals surface area contributed by atoms with Gasteiger partial charge >= 0.3 is 0 Å². The number of nitrogens with zero attached hydrogens (tertiary/aromatic N) is 5. The first kappa shape index (κ1) is 20.3. The van der Waals surface area contributed by atoms with E-state index in [1.54, 1.807) is 0 Å². The van der Waals surface area contributed by atoms with Crippen LogP contribution >= 0.6 is 11.8 Å². The molecule has 7 heteroatoms. The molecule has 6 nitrogen and oxygen atoms in total. The van der Waals surface area contributed by atoms with Gasteiger partial charge in [-0.25, -0.2) is 0 Å². The van der Waals surface area contributed by atoms with Crippen molar-refractivity contribution < 1.29 is 4.42 Å². The zero-order valence-electron chi connectivity index (χ0n) is 17.3. The Hall–Kier alpha value is -1.47. The summed E-state index contributed by atoms with van der Waals surface area (Å²) in [6, 6.07) is 3.99.